The van der Waals surface area contributed by atoms with Gasteiger partial charge in [-0.2, -0.15) is 11.8 Å². The van der Waals surface area contributed by atoms with Gasteiger partial charge in [-0.05, 0) is 31.0 Å². The van der Waals surface area contributed by atoms with Gasteiger partial charge in [0, 0.05) is 11.5 Å². The summed E-state index contributed by atoms with van der Waals surface area (Å²) in [6.45, 7) is 6.63. The Labute approximate surface area is 119 Å². The summed E-state index contributed by atoms with van der Waals surface area (Å²) >= 11 is 1.71. The number of hydrogen-bond donors (Lipinski definition) is 0. The molecule has 0 saturated heterocycles. The number of aryl methyl sites for hydroxylation is 2. The largest absolute Gasteiger partial charge is 0.492 e. The zero-order valence-electron chi connectivity index (χ0n) is 12.1. The first-order valence-electron chi connectivity index (χ1n) is 6.40. The molecule has 1 unspecified atom stereocenters. The molecule has 0 saturated carbocycles. The van der Waals surface area contributed by atoms with Crippen LogP contribution < -0.4 is 4.74 Å². The highest BCUT2D eigenvalue weighted by molar-refractivity contribution is 7.99. The SMILES string of the molecule is COC(=O)C(C)CSCCOc1cc(C)ccc1C. The van der Waals surface area contributed by atoms with Crippen molar-refractivity contribution in [1.29, 1.82) is 0 Å². The third-order valence-electron chi connectivity index (χ3n) is 2.80. The molecule has 0 fully saturated rings. The fourth-order valence-corrected chi connectivity index (χ4v) is 2.46. The predicted octanol–water partition coefficient (Wildman–Crippen LogP) is 3.22. The minimum absolute atomic E-state index is 0.0595. The van der Waals surface area contributed by atoms with Gasteiger partial charge in [0.1, 0.15) is 5.75 Å². The fraction of sp³-hybridized carbons (Fsp3) is 0.533. The monoisotopic (exact) mass is 282 g/mol. The molecule has 19 heavy (non-hydrogen) atoms. The van der Waals surface area contributed by atoms with E-state index in [0.717, 1.165) is 22.8 Å². The Hall–Kier alpha value is -1.16. The highest BCUT2D eigenvalue weighted by atomic mass is 32.2. The highest BCUT2D eigenvalue weighted by Crippen LogP contribution is 2.19. The van der Waals surface area contributed by atoms with Crippen LogP contribution in [0.1, 0.15) is 18.1 Å². The van der Waals surface area contributed by atoms with Crippen molar-refractivity contribution in [2.45, 2.75) is 20.8 Å². The summed E-state index contributed by atoms with van der Waals surface area (Å²) in [5, 5.41) is 0. The number of carbonyl (C=O) groups excluding carboxylic acids is 1. The van der Waals surface area contributed by atoms with Crippen molar-refractivity contribution in [1.82, 2.24) is 0 Å². The molecule has 0 aliphatic carbocycles. The minimum atomic E-state index is -0.150. The van der Waals surface area contributed by atoms with Crippen LogP contribution in [0.25, 0.3) is 0 Å². The lowest BCUT2D eigenvalue weighted by Crippen LogP contribution is -2.15. The fourth-order valence-electron chi connectivity index (χ4n) is 1.60. The van der Waals surface area contributed by atoms with Crippen LogP contribution in [0, 0.1) is 19.8 Å². The molecular formula is C15H22O3S. The Morgan fingerprint density at radius 3 is 2.79 bits per heavy atom. The van der Waals surface area contributed by atoms with Gasteiger partial charge in [0.15, 0.2) is 0 Å². The van der Waals surface area contributed by atoms with E-state index in [4.69, 9.17) is 4.74 Å². The number of carbonyl (C=O) groups is 1. The number of hydrogen-bond acceptors (Lipinski definition) is 4. The third-order valence-corrected chi connectivity index (χ3v) is 3.99. The van der Waals surface area contributed by atoms with Crippen molar-refractivity contribution in [3.63, 3.8) is 0 Å². The molecule has 3 nitrogen and oxygen atoms in total. The average molecular weight is 282 g/mol. The molecule has 1 rings (SSSR count). The first-order valence-corrected chi connectivity index (χ1v) is 7.55. The summed E-state index contributed by atoms with van der Waals surface area (Å²) < 4.78 is 10.4. The van der Waals surface area contributed by atoms with Crippen molar-refractivity contribution in [2.75, 3.05) is 25.2 Å². The Balaban J connectivity index is 2.24. The summed E-state index contributed by atoms with van der Waals surface area (Å²) in [5.41, 5.74) is 2.35. The second-order valence-corrected chi connectivity index (χ2v) is 5.77. The summed E-state index contributed by atoms with van der Waals surface area (Å²) in [6.07, 6.45) is 0. The Kier molecular flexibility index (Phi) is 6.78. The molecule has 0 bridgehead atoms. The van der Waals surface area contributed by atoms with Crippen molar-refractivity contribution in [3.8, 4) is 5.75 Å². The van der Waals surface area contributed by atoms with E-state index in [0.29, 0.717) is 6.61 Å². The van der Waals surface area contributed by atoms with Crippen LogP contribution in [0.3, 0.4) is 0 Å². The van der Waals surface area contributed by atoms with Gasteiger partial charge in [-0.1, -0.05) is 19.1 Å². The quantitative estimate of drug-likeness (QED) is 0.568. The second-order valence-electron chi connectivity index (χ2n) is 4.62. The average Bonchev–Trinajstić information content (AvgIpc) is 2.40. The number of rotatable bonds is 7. The van der Waals surface area contributed by atoms with Gasteiger partial charge in [-0.15, -0.1) is 0 Å². The molecule has 0 aromatic heterocycles. The molecule has 0 N–H and O–H groups in total. The van der Waals surface area contributed by atoms with Crippen molar-refractivity contribution in [2.24, 2.45) is 5.92 Å². The molecule has 0 spiro atoms. The van der Waals surface area contributed by atoms with E-state index in [1.54, 1.807) is 11.8 Å². The van der Waals surface area contributed by atoms with Crippen molar-refractivity contribution in [3.05, 3.63) is 29.3 Å². The lowest BCUT2D eigenvalue weighted by molar-refractivity contribution is -0.143. The van der Waals surface area contributed by atoms with Crippen LogP contribution in [0.5, 0.6) is 5.75 Å². The lowest BCUT2D eigenvalue weighted by Gasteiger charge is -2.11. The van der Waals surface area contributed by atoms with Gasteiger partial charge in [-0.3, -0.25) is 4.79 Å². The molecule has 1 aromatic carbocycles. The van der Waals surface area contributed by atoms with Crippen molar-refractivity contribution >= 4 is 17.7 Å². The number of esters is 1. The standard InChI is InChI=1S/C15H22O3S/c1-11-5-6-12(2)14(9-11)18-7-8-19-10-13(3)15(16)17-4/h5-6,9,13H,7-8,10H2,1-4H3. The minimum Gasteiger partial charge on any atom is -0.492 e. The smallest absolute Gasteiger partial charge is 0.309 e. The Morgan fingerprint density at radius 2 is 2.11 bits per heavy atom. The van der Waals surface area contributed by atoms with Gasteiger partial charge in [0.2, 0.25) is 0 Å². The van der Waals surface area contributed by atoms with Crippen LogP contribution in [-0.4, -0.2) is 31.2 Å². The van der Waals surface area contributed by atoms with Gasteiger partial charge in [0.25, 0.3) is 0 Å². The number of methoxy groups -OCH3 is 1. The number of ether oxygens (including phenoxy) is 2. The topological polar surface area (TPSA) is 35.5 Å². The van der Waals surface area contributed by atoms with Gasteiger partial charge in [-0.25, -0.2) is 0 Å². The number of thioether (sulfide) groups is 1. The zero-order chi connectivity index (χ0) is 14.3. The molecule has 0 aliphatic rings. The van der Waals surface area contributed by atoms with E-state index in [9.17, 15) is 4.79 Å². The van der Waals surface area contributed by atoms with E-state index in [-0.39, 0.29) is 11.9 Å². The summed E-state index contributed by atoms with van der Waals surface area (Å²) in [6, 6.07) is 6.20. The molecule has 0 aliphatic heterocycles. The van der Waals surface area contributed by atoms with Crippen LogP contribution >= 0.6 is 11.8 Å². The normalized spacial score (nSPS) is 12.0. The molecule has 0 amide bonds. The zero-order valence-corrected chi connectivity index (χ0v) is 12.9. The summed E-state index contributed by atoms with van der Waals surface area (Å²) in [7, 11) is 1.42. The van der Waals surface area contributed by atoms with Crippen LogP contribution in [0.4, 0.5) is 0 Å². The Morgan fingerprint density at radius 1 is 1.37 bits per heavy atom. The van der Waals surface area contributed by atoms with Crippen LogP contribution in [-0.2, 0) is 9.53 Å². The highest BCUT2D eigenvalue weighted by Gasteiger charge is 2.12. The predicted molar refractivity (Wildman–Crippen MR) is 79.9 cm³/mol. The van der Waals surface area contributed by atoms with Crippen LogP contribution in [0.15, 0.2) is 18.2 Å². The van der Waals surface area contributed by atoms with E-state index < -0.39 is 0 Å². The second kappa shape index (κ2) is 8.10. The first-order chi connectivity index (χ1) is 9.04. The third kappa shape index (κ3) is 5.55. The lowest BCUT2D eigenvalue weighted by atomic mass is 10.1. The molecule has 4 heteroatoms. The number of benzene rings is 1. The summed E-state index contributed by atoms with van der Waals surface area (Å²) in [5.74, 6) is 2.37. The maximum atomic E-state index is 11.2. The first kappa shape index (κ1) is 15.9. The van der Waals surface area contributed by atoms with E-state index >= 15 is 0 Å². The van der Waals surface area contributed by atoms with Crippen molar-refractivity contribution < 1.29 is 14.3 Å². The summed E-state index contributed by atoms with van der Waals surface area (Å²) in [4.78, 5) is 11.2. The molecule has 106 valence electrons. The van der Waals surface area contributed by atoms with Gasteiger partial charge >= 0.3 is 5.97 Å². The molecule has 0 radical (unpaired) electrons. The van der Waals surface area contributed by atoms with Gasteiger partial charge < -0.3 is 9.47 Å². The maximum absolute atomic E-state index is 11.2. The maximum Gasteiger partial charge on any atom is 0.309 e. The molecular weight excluding hydrogens is 260 g/mol. The molecule has 1 atom stereocenters. The van der Waals surface area contributed by atoms with Gasteiger partial charge in [0.05, 0.1) is 19.6 Å². The van der Waals surface area contributed by atoms with E-state index in [1.807, 2.05) is 13.8 Å². The van der Waals surface area contributed by atoms with E-state index in [2.05, 4.69) is 29.9 Å². The Bertz CT molecular complexity index is 418. The van der Waals surface area contributed by atoms with Crippen LogP contribution in [0.2, 0.25) is 0 Å². The molecule has 0 heterocycles. The molecule has 1 aromatic rings. The van der Waals surface area contributed by atoms with E-state index in [1.165, 1.54) is 12.7 Å².